The van der Waals surface area contributed by atoms with Gasteiger partial charge in [0.15, 0.2) is 11.5 Å². The average Bonchev–Trinajstić information content (AvgIpc) is 2.81. The lowest BCUT2D eigenvalue weighted by molar-refractivity contribution is -0.141. The van der Waals surface area contributed by atoms with E-state index in [4.69, 9.17) is 0 Å². The van der Waals surface area contributed by atoms with Crippen molar-refractivity contribution >= 4 is 5.82 Å². The van der Waals surface area contributed by atoms with Crippen LogP contribution in [0.4, 0.5) is 23.4 Å². The van der Waals surface area contributed by atoms with Gasteiger partial charge < -0.3 is 10.2 Å². The minimum absolute atomic E-state index is 0.00770. The number of hydrogen-bond acceptors (Lipinski definition) is 4. The van der Waals surface area contributed by atoms with E-state index < -0.39 is 11.9 Å². The van der Waals surface area contributed by atoms with Crippen LogP contribution in [-0.4, -0.2) is 36.4 Å². The molecule has 0 saturated carbocycles. The van der Waals surface area contributed by atoms with Crippen molar-refractivity contribution in [1.29, 1.82) is 0 Å². The molecular weight excluding hydrogens is 408 g/mol. The zero-order chi connectivity index (χ0) is 22.4. The van der Waals surface area contributed by atoms with Gasteiger partial charge >= 0.3 is 6.18 Å². The molecule has 1 N–H and O–H groups in total. The Morgan fingerprint density at radius 2 is 1.32 bits per heavy atom. The number of alkyl halides is 3. The van der Waals surface area contributed by atoms with Gasteiger partial charge in [-0.25, -0.2) is 4.39 Å². The van der Waals surface area contributed by atoms with Crippen molar-refractivity contribution in [1.82, 2.24) is 15.5 Å². The van der Waals surface area contributed by atoms with Gasteiger partial charge in [-0.15, -0.1) is 10.2 Å². The van der Waals surface area contributed by atoms with Gasteiger partial charge in [-0.2, -0.15) is 13.2 Å². The molecule has 1 fully saturated rings. The van der Waals surface area contributed by atoms with Crippen LogP contribution in [0.15, 0.2) is 54.6 Å². The molecule has 0 amide bonds. The molecule has 0 atom stereocenters. The van der Waals surface area contributed by atoms with Gasteiger partial charge in [0.1, 0.15) is 5.82 Å². The summed E-state index contributed by atoms with van der Waals surface area (Å²) in [5, 5.41) is 10.5. The van der Waals surface area contributed by atoms with E-state index in [0.717, 1.165) is 24.2 Å². The number of anilines is 1. The fourth-order valence-corrected chi connectivity index (χ4v) is 3.34. The van der Waals surface area contributed by atoms with Crippen LogP contribution < -0.4 is 10.2 Å². The van der Waals surface area contributed by atoms with E-state index in [0.29, 0.717) is 24.5 Å². The first-order valence-corrected chi connectivity index (χ1v) is 10.2. The first-order chi connectivity index (χ1) is 14.9. The lowest BCUT2D eigenvalue weighted by Crippen LogP contribution is -2.44. The fraction of sp³-hybridized carbons (Fsp3) is 0.304. The van der Waals surface area contributed by atoms with Crippen molar-refractivity contribution in [3.05, 3.63) is 66.1 Å². The van der Waals surface area contributed by atoms with Crippen molar-refractivity contribution < 1.29 is 17.6 Å². The van der Waals surface area contributed by atoms with Crippen molar-refractivity contribution in [2.75, 3.05) is 31.1 Å². The summed E-state index contributed by atoms with van der Waals surface area (Å²) in [6.45, 7) is 6.79. The summed E-state index contributed by atoms with van der Waals surface area (Å²) in [7, 11) is 0. The summed E-state index contributed by atoms with van der Waals surface area (Å²) in [6.07, 6.45) is -4.61. The monoisotopic (exact) mass is 432 g/mol. The molecule has 0 bridgehead atoms. The quantitative estimate of drug-likeness (QED) is 0.563. The Labute approximate surface area is 178 Å². The second-order valence-electron chi connectivity index (χ2n) is 6.78. The minimum Gasteiger partial charge on any atom is -0.353 e. The van der Waals surface area contributed by atoms with Crippen molar-refractivity contribution in [2.45, 2.75) is 20.0 Å². The second kappa shape index (κ2) is 9.87. The summed E-state index contributed by atoms with van der Waals surface area (Å²) in [4.78, 5) is 1.92. The molecule has 164 valence electrons. The molecule has 0 spiro atoms. The predicted octanol–water partition coefficient (Wildman–Crippen LogP) is 5.40. The number of rotatable bonds is 3. The van der Waals surface area contributed by atoms with Gasteiger partial charge in [0.2, 0.25) is 0 Å². The summed E-state index contributed by atoms with van der Waals surface area (Å²) in [6, 6.07) is 14.1. The Hall–Kier alpha value is -3.00. The number of piperazine rings is 1. The third kappa shape index (κ3) is 5.38. The van der Waals surface area contributed by atoms with Crippen molar-refractivity contribution in [3.8, 4) is 22.3 Å². The lowest BCUT2D eigenvalue weighted by Gasteiger charge is -2.28. The summed E-state index contributed by atoms with van der Waals surface area (Å²) in [5.41, 5.74) is 0.946. The highest BCUT2D eigenvalue weighted by molar-refractivity contribution is 5.73. The zero-order valence-electron chi connectivity index (χ0n) is 17.4. The molecule has 0 unspecified atom stereocenters. The van der Waals surface area contributed by atoms with Crippen molar-refractivity contribution in [3.63, 3.8) is 0 Å². The highest BCUT2D eigenvalue weighted by Gasteiger charge is 2.37. The van der Waals surface area contributed by atoms with Crippen LogP contribution in [0.2, 0.25) is 0 Å². The number of aromatic nitrogens is 2. The Morgan fingerprint density at radius 3 is 1.87 bits per heavy atom. The standard InChI is InChI=1S/C21H18F4N4.C2H6/c22-17-7-5-15(6-8-17)14-1-3-16(4-2-14)18-13-19(29-11-9-26-10-12-29)27-28-20(18)21(23,24)25;1-2/h1-8,13,26H,9-12H2;1-2H3. The van der Waals surface area contributed by atoms with E-state index in [1.807, 2.05) is 18.7 Å². The Balaban J connectivity index is 0.00000132. The number of halogens is 4. The summed E-state index contributed by atoms with van der Waals surface area (Å²) >= 11 is 0. The average molecular weight is 432 g/mol. The fourth-order valence-electron chi connectivity index (χ4n) is 3.34. The van der Waals surface area contributed by atoms with E-state index in [1.165, 1.54) is 18.2 Å². The number of nitrogens with one attached hydrogen (secondary N) is 1. The number of benzene rings is 2. The maximum absolute atomic E-state index is 13.5. The molecule has 1 aliphatic heterocycles. The molecule has 1 saturated heterocycles. The van der Waals surface area contributed by atoms with Gasteiger partial charge in [0.05, 0.1) is 0 Å². The van der Waals surface area contributed by atoms with Gasteiger partial charge in [-0.3, -0.25) is 0 Å². The van der Waals surface area contributed by atoms with Gasteiger partial charge in [-0.1, -0.05) is 50.2 Å². The molecular formula is C23H24F4N4. The highest BCUT2D eigenvalue weighted by Crippen LogP contribution is 2.37. The van der Waals surface area contributed by atoms with Gasteiger partial charge in [-0.05, 0) is 34.9 Å². The Kier molecular flexibility index (Phi) is 7.22. The largest absolute Gasteiger partial charge is 0.435 e. The maximum atomic E-state index is 13.5. The van der Waals surface area contributed by atoms with E-state index in [9.17, 15) is 17.6 Å². The smallest absolute Gasteiger partial charge is 0.353 e. The topological polar surface area (TPSA) is 41.0 Å². The number of nitrogens with zero attached hydrogens (tertiary/aromatic N) is 3. The molecule has 1 aromatic heterocycles. The molecule has 2 aromatic carbocycles. The SMILES string of the molecule is CC.Fc1ccc(-c2ccc(-c3cc(N4CCNCC4)nnc3C(F)(F)F)cc2)cc1. The third-order valence-corrected chi connectivity index (χ3v) is 4.86. The van der Waals surface area contributed by atoms with Crippen LogP contribution in [0, 0.1) is 5.82 Å². The molecule has 8 heteroatoms. The predicted molar refractivity (Wildman–Crippen MR) is 114 cm³/mol. The maximum Gasteiger partial charge on any atom is 0.435 e. The molecule has 4 rings (SSSR count). The molecule has 4 nitrogen and oxygen atoms in total. The normalized spacial score (nSPS) is 14.1. The van der Waals surface area contributed by atoms with Crippen LogP contribution >= 0.6 is 0 Å². The summed E-state index contributed by atoms with van der Waals surface area (Å²) < 4.78 is 53.7. The summed E-state index contributed by atoms with van der Waals surface area (Å²) in [5.74, 6) is 0.0839. The molecule has 31 heavy (non-hydrogen) atoms. The second-order valence-corrected chi connectivity index (χ2v) is 6.78. The van der Waals surface area contributed by atoms with Gasteiger partial charge in [0.25, 0.3) is 0 Å². The van der Waals surface area contributed by atoms with Gasteiger partial charge in [0, 0.05) is 31.7 Å². The molecule has 1 aliphatic rings. The number of hydrogen-bond donors (Lipinski definition) is 1. The van der Waals surface area contributed by atoms with Crippen LogP contribution in [0.3, 0.4) is 0 Å². The third-order valence-electron chi connectivity index (χ3n) is 4.86. The van der Waals surface area contributed by atoms with Crippen LogP contribution in [-0.2, 0) is 6.18 Å². The zero-order valence-corrected chi connectivity index (χ0v) is 17.4. The lowest BCUT2D eigenvalue weighted by atomic mass is 9.99. The minimum atomic E-state index is -4.61. The Bertz CT molecular complexity index is 980. The van der Waals surface area contributed by atoms with Crippen LogP contribution in [0.25, 0.3) is 22.3 Å². The van der Waals surface area contributed by atoms with E-state index in [1.54, 1.807) is 36.4 Å². The highest BCUT2D eigenvalue weighted by atomic mass is 19.4. The van der Waals surface area contributed by atoms with Crippen molar-refractivity contribution in [2.24, 2.45) is 0 Å². The molecule has 0 radical (unpaired) electrons. The van der Waals surface area contributed by atoms with E-state index in [2.05, 4.69) is 15.5 Å². The van der Waals surface area contributed by atoms with Crippen LogP contribution in [0.1, 0.15) is 19.5 Å². The molecule has 2 heterocycles. The Morgan fingerprint density at radius 1 is 0.806 bits per heavy atom. The molecule has 0 aliphatic carbocycles. The first kappa shape index (κ1) is 22.7. The van der Waals surface area contributed by atoms with E-state index >= 15 is 0 Å². The van der Waals surface area contributed by atoms with E-state index in [-0.39, 0.29) is 11.4 Å². The molecule has 3 aromatic rings. The first-order valence-electron chi connectivity index (χ1n) is 10.2. The van der Waals surface area contributed by atoms with Crippen LogP contribution in [0.5, 0.6) is 0 Å².